The van der Waals surface area contributed by atoms with Gasteiger partial charge in [-0.15, -0.1) is 0 Å². The average molecular weight is 361 g/mol. The molecule has 0 bridgehead atoms. The van der Waals surface area contributed by atoms with Crippen molar-refractivity contribution in [3.05, 3.63) is 59.5 Å². The van der Waals surface area contributed by atoms with Crippen LogP contribution in [-0.4, -0.2) is 19.8 Å². The van der Waals surface area contributed by atoms with Crippen LogP contribution in [0.2, 0.25) is 0 Å². The number of benzene rings is 1. The lowest BCUT2D eigenvalue weighted by atomic mass is 10.2. The highest BCUT2D eigenvalue weighted by Crippen LogP contribution is 2.30. The van der Waals surface area contributed by atoms with E-state index in [2.05, 4.69) is 49.6 Å². The van der Waals surface area contributed by atoms with Gasteiger partial charge in [-0.3, -0.25) is 0 Å². The maximum atomic E-state index is 5.74. The molecule has 0 heterocycles. The first-order valence-electron chi connectivity index (χ1n) is 9.27. The Bertz CT molecular complexity index is 529. The molecule has 0 aliphatic carbocycles. The predicted molar refractivity (Wildman–Crippen MR) is 112 cm³/mol. The van der Waals surface area contributed by atoms with Crippen LogP contribution in [0.15, 0.2) is 54.0 Å². The van der Waals surface area contributed by atoms with E-state index < -0.39 is 0 Å². The summed E-state index contributed by atoms with van der Waals surface area (Å²) in [6.07, 6.45) is 12.9. The molecule has 1 aromatic carbocycles. The Kier molecular flexibility index (Phi) is 12.8. The van der Waals surface area contributed by atoms with Crippen molar-refractivity contribution in [1.29, 1.82) is 0 Å². The van der Waals surface area contributed by atoms with Crippen molar-refractivity contribution < 1.29 is 9.47 Å². The van der Waals surface area contributed by atoms with Crippen LogP contribution in [0.5, 0.6) is 5.75 Å². The van der Waals surface area contributed by atoms with Gasteiger partial charge in [0.05, 0.1) is 13.2 Å². The van der Waals surface area contributed by atoms with Gasteiger partial charge in [-0.05, 0) is 48.9 Å². The van der Waals surface area contributed by atoms with Gasteiger partial charge < -0.3 is 9.47 Å². The van der Waals surface area contributed by atoms with Crippen molar-refractivity contribution in [3.8, 4) is 5.75 Å². The van der Waals surface area contributed by atoms with Gasteiger partial charge in [-0.2, -0.15) is 0 Å². The highest BCUT2D eigenvalue weighted by molar-refractivity contribution is 8.10. The molecule has 0 N–H and O–H groups in total. The topological polar surface area (TPSA) is 18.5 Å². The largest absolute Gasteiger partial charge is 0.494 e. The molecule has 0 unspecified atom stereocenters. The molecule has 0 saturated heterocycles. The van der Waals surface area contributed by atoms with E-state index in [-0.39, 0.29) is 0 Å². The molecule has 1 aromatic rings. The molecule has 138 valence electrons. The second-order valence-electron chi connectivity index (χ2n) is 5.70. The van der Waals surface area contributed by atoms with Gasteiger partial charge >= 0.3 is 0 Å². The summed E-state index contributed by atoms with van der Waals surface area (Å²) in [4.78, 5) is 1.21. The fraction of sp³-hybridized carbons (Fsp3) is 0.455. The van der Waals surface area contributed by atoms with Crippen LogP contribution in [-0.2, 0) is 4.74 Å². The van der Waals surface area contributed by atoms with E-state index in [9.17, 15) is 0 Å². The van der Waals surface area contributed by atoms with Gasteiger partial charge in [0.25, 0.3) is 0 Å². The Morgan fingerprint density at radius 3 is 2.44 bits per heavy atom. The molecule has 0 saturated carbocycles. The molecule has 0 spiro atoms. The first-order valence-corrected chi connectivity index (χ1v) is 10.1. The lowest BCUT2D eigenvalue weighted by molar-refractivity contribution is 0.159. The van der Waals surface area contributed by atoms with Crippen LogP contribution in [0.25, 0.3) is 4.91 Å². The maximum Gasteiger partial charge on any atom is 0.119 e. The molecule has 0 aliphatic heterocycles. The molecular formula is C22H32O2S. The predicted octanol–water partition coefficient (Wildman–Crippen LogP) is 6.85. The van der Waals surface area contributed by atoms with Crippen molar-refractivity contribution >= 4 is 16.7 Å². The molecule has 3 heteroatoms. The molecule has 0 fully saturated rings. The first-order chi connectivity index (χ1) is 12.3. The van der Waals surface area contributed by atoms with Crippen LogP contribution in [0.4, 0.5) is 0 Å². The van der Waals surface area contributed by atoms with Gasteiger partial charge in [0.1, 0.15) is 5.75 Å². The molecule has 2 nitrogen and oxygen atoms in total. The lowest BCUT2D eigenvalue weighted by Crippen LogP contribution is -1.96. The molecule has 25 heavy (non-hydrogen) atoms. The van der Waals surface area contributed by atoms with Crippen molar-refractivity contribution in [2.75, 3.05) is 19.8 Å². The minimum atomic E-state index is 0.675. The Hall–Kier alpha value is -1.45. The third-order valence-electron chi connectivity index (χ3n) is 3.49. The zero-order chi connectivity index (χ0) is 18.2. The third kappa shape index (κ3) is 10.2. The van der Waals surface area contributed by atoms with Crippen molar-refractivity contribution in [2.24, 2.45) is 0 Å². The van der Waals surface area contributed by atoms with E-state index in [1.807, 2.05) is 25.1 Å². The Balaban J connectivity index is 2.58. The summed E-state index contributed by atoms with van der Waals surface area (Å²) in [6, 6.07) is 8.34. The molecule has 0 amide bonds. The molecular weight excluding hydrogens is 328 g/mol. The Morgan fingerprint density at radius 2 is 1.76 bits per heavy atom. The van der Waals surface area contributed by atoms with E-state index in [1.54, 1.807) is 11.8 Å². The van der Waals surface area contributed by atoms with Crippen LogP contribution in [0.3, 0.4) is 0 Å². The van der Waals surface area contributed by atoms with E-state index in [4.69, 9.17) is 9.47 Å². The van der Waals surface area contributed by atoms with Gasteiger partial charge in [0.15, 0.2) is 0 Å². The van der Waals surface area contributed by atoms with Gasteiger partial charge in [-0.1, -0.05) is 68.8 Å². The van der Waals surface area contributed by atoms with Gasteiger partial charge in [0, 0.05) is 11.5 Å². The fourth-order valence-electron chi connectivity index (χ4n) is 2.00. The maximum absolute atomic E-state index is 5.74. The summed E-state index contributed by atoms with van der Waals surface area (Å²) < 4.78 is 11.3. The summed E-state index contributed by atoms with van der Waals surface area (Å²) in [5, 5.41) is 2.10. The molecule has 0 aromatic heterocycles. The van der Waals surface area contributed by atoms with Crippen LogP contribution in [0, 0.1) is 0 Å². The van der Waals surface area contributed by atoms with Crippen LogP contribution in [0.1, 0.15) is 52.0 Å². The standard InChI is InChI=1S/C22H32O2S/c1-4-7-11-22(25-19-10-17-23-16-8-5-2)20-12-14-21(15-13-20)24-18-9-6-3/h4,7,10-15,19H,5-6,8-9,16-18H2,1-3H3/b7-4+,19-10+,22-11-. The number of hydrogen-bond donors (Lipinski definition) is 0. The Morgan fingerprint density at radius 1 is 1.04 bits per heavy atom. The van der Waals surface area contributed by atoms with Crippen molar-refractivity contribution in [3.63, 3.8) is 0 Å². The monoisotopic (exact) mass is 360 g/mol. The number of allylic oxidation sites excluding steroid dienone is 3. The van der Waals surface area contributed by atoms with Gasteiger partial charge in [0.2, 0.25) is 0 Å². The lowest BCUT2D eigenvalue weighted by Gasteiger charge is -2.08. The van der Waals surface area contributed by atoms with Crippen molar-refractivity contribution in [1.82, 2.24) is 0 Å². The zero-order valence-electron chi connectivity index (χ0n) is 15.9. The minimum absolute atomic E-state index is 0.675. The summed E-state index contributed by atoms with van der Waals surface area (Å²) in [7, 11) is 0. The smallest absolute Gasteiger partial charge is 0.119 e. The number of rotatable bonds is 13. The van der Waals surface area contributed by atoms with E-state index in [0.717, 1.165) is 38.2 Å². The number of ether oxygens (including phenoxy) is 2. The molecule has 0 atom stereocenters. The number of unbranched alkanes of at least 4 members (excludes halogenated alkanes) is 2. The quantitative estimate of drug-likeness (QED) is 0.283. The van der Waals surface area contributed by atoms with E-state index in [1.165, 1.54) is 16.9 Å². The zero-order valence-corrected chi connectivity index (χ0v) is 16.7. The first kappa shape index (κ1) is 21.6. The number of hydrogen-bond acceptors (Lipinski definition) is 3. The highest BCUT2D eigenvalue weighted by atomic mass is 32.2. The Labute approximate surface area is 158 Å². The van der Waals surface area contributed by atoms with E-state index >= 15 is 0 Å². The summed E-state index contributed by atoms with van der Waals surface area (Å²) in [6.45, 7) is 8.67. The van der Waals surface area contributed by atoms with Crippen molar-refractivity contribution in [2.45, 2.75) is 46.5 Å². The van der Waals surface area contributed by atoms with Crippen LogP contribution >= 0.6 is 11.8 Å². The molecule has 0 aliphatic rings. The SMILES string of the molecule is C/C=C/C=C(\S/C=C/COCCCC)c1ccc(OCCCC)cc1. The molecule has 1 rings (SSSR count). The minimum Gasteiger partial charge on any atom is -0.494 e. The number of thioether (sulfide) groups is 1. The summed E-state index contributed by atoms with van der Waals surface area (Å²) >= 11 is 1.71. The molecule has 0 radical (unpaired) electrons. The van der Waals surface area contributed by atoms with Gasteiger partial charge in [-0.25, -0.2) is 0 Å². The van der Waals surface area contributed by atoms with E-state index in [0.29, 0.717) is 6.61 Å². The second kappa shape index (κ2) is 14.9. The van der Waals surface area contributed by atoms with Crippen LogP contribution < -0.4 is 4.74 Å². The second-order valence-corrected chi connectivity index (χ2v) is 6.65. The third-order valence-corrected chi connectivity index (χ3v) is 4.45. The summed E-state index contributed by atoms with van der Waals surface area (Å²) in [5.74, 6) is 0.937. The normalized spacial score (nSPS) is 12.4. The average Bonchev–Trinajstić information content (AvgIpc) is 2.64. The highest BCUT2D eigenvalue weighted by Gasteiger charge is 2.01. The fourth-order valence-corrected chi connectivity index (χ4v) is 2.75. The summed E-state index contributed by atoms with van der Waals surface area (Å²) in [5.41, 5.74) is 1.20.